The lowest BCUT2D eigenvalue weighted by molar-refractivity contribution is -0.151. The van der Waals surface area contributed by atoms with Crippen LogP contribution in [-0.4, -0.2) is 48.1 Å². The van der Waals surface area contributed by atoms with Crippen LogP contribution in [0, 0.1) is 0 Å². The van der Waals surface area contributed by atoms with Crippen molar-refractivity contribution in [3.05, 3.63) is 71.2 Å². The van der Waals surface area contributed by atoms with Gasteiger partial charge in [0.1, 0.15) is 17.9 Å². The fourth-order valence-electron chi connectivity index (χ4n) is 3.54. The van der Waals surface area contributed by atoms with E-state index in [2.05, 4.69) is 54.5 Å². The lowest BCUT2D eigenvalue weighted by Crippen LogP contribution is -2.49. The minimum Gasteiger partial charge on any atom is -0.497 e. The zero-order valence-electron chi connectivity index (χ0n) is 22.8. The Morgan fingerprint density at radius 2 is 1.58 bits per heavy atom. The first-order valence-electron chi connectivity index (χ1n) is 12.3. The SMILES string of the molecule is COc1ccc(-c2ccc(S(=O)(=O)N[C@H](C)C(=O)O[C@@H]3C(Br)=CC=C[C@@H]3O[Si](C)(C)C(C)(C)C)cc2)cc1. The van der Waals surface area contributed by atoms with Crippen molar-refractivity contribution >= 4 is 40.2 Å². The monoisotopic (exact) mass is 621 g/mol. The number of sulfonamides is 1. The van der Waals surface area contributed by atoms with E-state index in [1.165, 1.54) is 19.1 Å². The molecule has 1 aliphatic carbocycles. The summed E-state index contributed by atoms with van der Waals surface area (Å²) in [7, 11) is -4.53. The molecule has 0 unspecified atom stereocenters. The fraction of sp³-hybridized carbons (Fsp3) is 0.393. The molecule has 2 aromatic carbocycles. The molecule has 0 heterocycles. The third-order valence-electron chi connectivity index (χ3n) is 6.88. The van der Waals surface area contributed by atoms with E-state index in [4.69, 9.17) is 13.9 Å². The Kier molecular flexibility index (Phi) is 9.47. The van der Waals surface area contributed by atoms with Crippen LogP contribution in [0.2, 0.25) is 18.1 Å². The maximum Gasteiger partial charge on any atom is 0.324 e. The van der Waals surface area contributed by atoms with Gasteiger partial charge in [0.25, 0.3) is 0 Å². The molecular formula is C28H36BrNO6SSi. The van der Waals surface area contributed by atoms with Gasteiger partial charge in [-0.2, -0.15) is 4.72 Å². The van der Waals surface area contributed by atoms with Crippen molar-refractivity contribution < 1.29 is 27.1 Å². The van der Waals surface area contributed by atoms with Crippen molar-refractivity contribution in [1.82, 2.24) is 4.72 Å². The van der Waals surface area contributed by atoms with Gasteiger partial charge >= 0.3 is 5.97 Å². The number of methoxy groups -OCH3 is 1. The summed E-state index contributed by atoms with van der Waals surface area (Å²) in [5.74, 6) is 0.0422. The molecule has 7 nitrogen and oxygen atoms in total. The molecule has 3 rings (SSSR count). The molecule has 0 saturated heterocycles. The van der Waals surface area contributed by atoms with Crippen molar-refractivity contribution in [2.75, 3.05) is 7.11 Å². The minimum absolute atomic E-state index is 0.0329. The zero-order chi connectivity index (χ0) is 28.3. The average Bonchev–Trinajstić information content (AvgIpc) is 2.85. The largest absolute Gasteiger partial charge is 0.497 e. The molecule has 0 fully saturated rings. The number of carbonyl (C=O) groups is 1. The number of hydrogen-bond donors (Lipinski definition) is 1. The molecule has 206 valence electrons. The normalized spacial score (nSPS) is 19.0. The van der Waals surface area contributed by atoms with E-state index in [0.29, 0.717) is 4.48 Å². The summed E-state index contributed by atoms with van der Waals surface area (Å²) in [5, 5.41) is -0.0329. The first kappa shape index (κ1) is 30.3. The zero-order valence-corrected chi connectivity index (χ0v) is 26.2. The number of ether oxygens (including phenoxy) is 2. The van der Waals surface area contributed by atoms with Gasteiger partial charge < -0.3 is 13.9 Å². The number of nitrogens with one attached hydrogen (secondary N) is 1. The third kappa shape index (κ3) is 7.23. The van der Waals surface area contributed by atoms with E-state index >= 15 is 0 Å². The molecule has 0 aliphatic heterocycles. The smallest absolute Gasteiger partial charge is 0.324 e. The van der Waals surface area contributed by atoms with E-state index in [9.17, 15) is 13.2 Å². The molecular weight excluding hydrogens is 586 g/mol. The molecule has 0 spiro atoms. The van der Waals surface area contributed by atoms with Crippen LogP contribution in [0.25, 0.3) is 11.1 Å². The van der Waals surface area contributed by atoms with Crippen molar-refractivity contribution in [3.8, 4) is 16.9 Å². The highest BCUT2D eigenvalue weighted by Crippen LogP contribution is 2.39. The molecule has 0 radical (unpaired) electrons. The van der Waals surface area contributed by atoms with Crippen LogP contribution < -0.4 is 9.46 Å². The lowest BCUT2D eigenvalue weighted by Gasteiger charge is -2.41. The number of carbonyl (C=O) groups excluding carboxylic acids is 1. The van der Waals surface area contributed by atoms with Crippen LogP contribution in [0.3, 0.4) is 0 Å². The Balaban J connectivity index is 1.69. The Labute approximate surface area is 235 Å². The van der Waals surface area contributed by atoms with Gasteiger partial charge in [-0.3, -0.25) is 4.79 Å². The molecule has 0 amide bonds. The number of allylic oxidation sites excluding steroid dienone is 2. The second-order valence-corrected chi connectivity index (χ2v) is 18.1. The minimum atomic E-state index is -3.97. The summed E-state index contributed by atoms with van der Waals surface area (Å²) in [6.07, 6.45) is 4.32. The third-order valence-corrected chi connectivity index (χ3v) is 13.6. The first-order valence-corrected chi connectivity index (χ1v) is 17.5. The van der Waals surface area contributed by atoms with Gasteiger partial charge in [0.15, 0.2) is 14.4 Å². The van der Waals surface area contributed by atoms with Gasteiger partial charge in [-0.15, -0.1) is 0 Å². The van der Waals surface area contributed by atoms with Crippen molar-refractivity contribution in [1.29, 1.82) is 0 Å². The van der Waals surface area contributed by atoms with E-state index in [1.54, 1.807) is 25.3 Å². The number of esters is 1. The van der Waals surface area contributed by atoms with Gasteiger partial charge in [-0.1, -0.05) is 73.1 Å². The summed E-state index contributed by atoms with van der Waals surface area (Å²) in [6.45, 7) is 12.1. The number of rotatable bonds is 9. The highest BCUT2D eigenvalue weighted by Gasteiger charge is 2.42. The number of benzene rings is 2. The van der Waals surface area contributed by atoms with E-state index in [-0.39, 0.29) is 9.93 Å². The average molecular weight is 623 g/mol. The quantitative estimate of drug-likeness (QED) is 0.265. The molecule has 38 heavy (non-hydrogen) atoms. The molecule has 10 heteroatoms. The van der Waals surface area contributed by atoms with Crippen LogP contribution in [0.1, 0.15) is 27.7 Å². The number of halogens is 1. The Morgan fingerprint density at radius 1 is 1.03 bits per heavy atom. The Bertz CT molecular complexity index is 1300. The highest BCUT2D eigenvalue weighted by atomic mass is 79.9. The van der Waals surface area contributed by atoms with Crippen molar-refractivity contribution in [2.24, 2.45) is 0 Å². The molecule has 1 aliphatic rings. The molecule has 0 saturated carbocycles. The summed E-state index contributed by atoms with van der Waals surface area (Å²) in [5.41, 5.74) is 1.78. The molecule has 0 aromatic heterocycles. The van der Waals surface area contributed by atoms with Crippen LogP contribution in [0.5, 0.6) is 5.75 Å². The van der Waals surface area contributed by atoms with Crippen LogP contribution >= 0.6 is 15.9 Å². The van der Waals surface area contributed by atoms with E-state index in [0.717, 1.165) is 16.9 Å². The van der Waals surface area contributed by atoms with Crippen LogP contribution in [0.4, 0.5) is 0 Å². The lowest BCUT2D eigenvalue weighted by atomic mass is 10.1. The van der Waals surface area contributed by atoms with E-state index in [1.807, 2.05) is 36.4 Å². The van der Waals surface area contributed by atoms with E-state index < -0.39 is 42.6 Å². The first-order chi connectivity index (χ1) is 17.6. The van der Waals surface area contributed by atoms with Crippen LogP contribution in [0.15, 0.2) is 76.1 Å². The predicted octanol–water partition coefficient (Wildman–Crippen LogP) is 6.18. The molecule has 2 aromatic rings. The summed E-state index contributed by atoms with van der Waals surface area (Å²) < 4.78 is 46.6. The van der Waals surface area contributed by atoms with Crippen molar-refractivity contribution in [2.45, 2.75) is 69.0 Å². The molecule has 0 bridgehead atoms. The maximum atomic E-state index is 13.0. The molecule has 3 atom stereocenters. The molecule has 1 N–H and O–H groups in total. The second-order valence-electron chi connectivity index (χ2n) is 10.7. The number of hydrogen-bond acceptors (Lipinski definition) is 6. The summed E-state index contributed by atoms with van der Waals surface area (Å²) in [4.78, 5) is 13.0. The van der Waals surface area contributed by atoms with Gasteiger partial charge in [-0.05, 0) is 66.5 Å². The summed E-state index contributed by atoms with van der Waals surface area (Å²) in [6, 6.07) is 12.8. The predicted molar refractivity (Wildman–Crippen MR) is 156 cm³/mol. The second kappa shape index (κ2) is 11.9. The maximum absolute atomic E-state index is 13.0. The van der Waals surface area contributed by atoms with Gasteiger partial charge in [0.2, 0.25) is 10.0 Å². The topological polar surface area (TPSA) is 90.9 Å². The van der Waals surface area contributed by atoms with Gasteiger partial charge in [0.05, 0.1) is 12.0 Å². The Morgan fingerprint density at radius 3 is 2.11 bits per heavy atom. The standard InChI is InChI=1S/C28H36BrNO6SSi/c1-19(27(31)35-26-24(29)9-8-10-25(26)36-38(6,7)28(2,3)4)30-37(32,33)23-17-13-21(14-18-23)20-11-15-22(34-5)16-12-20/h8-19,25-26,30H,1-7H3/t19-,25+,26-/m1/s1. The fourth-order valence-corrected chi connectivity index (χ4v) is 6.47. The Hall–Kier alpha value is -2.24. The highest BCUT2D eigenvalue weighted by molar-refractivity contribution is 9.11. The van der Waals surface area contributed by atoms with Crippen LogP contribution in [-0.2, 0) is 24.0 Å². The summed E-state index contributed by atoms with van der Waals surface area (Å²) >= 11 is 3.49. The van der Waals surface area contributed by atoms with Gasteiger partial charge in [-0.25, -0.2) is 8.42 Å². The van der Waals surface area contributed by atoms with Gasteiger partial charge in [0, 0.05) is 4.48 Å². The van der Waals surface area contributed by atoms with Crippen molar-refractivity contribution in [3.63, 3.8) is 0 Å².